The molecule has 1 aliphatic carbocycles. The van der Waals surface area contributed by atoms with Gasteiger partial charge in [0.2, 0.25) is 0 Å². The van der Waals surface area contributed by atoms with Crippen molar-refractivity contribution in [3.63, 3.8) is 0 Å². The Balaban J connectivity index is 1.73. The molecule has 1 aromatic rings. The third kappa shape index (κ3) is 2.31. The first kappa shape index (κ1) is 12.2. The van der Waals surface area contributed by atoms with Gasteiger partial charge in [0.05, 0.1) is 17.3 Å². The summed E-state index contributed by atoms with van der Waals surface area (Å²) in [5, 5.41) is 4.57. The van der Waals surface area contributed by atoms with Gasteiger partial charge in [-0.3, -0.25) is 4.68 Å². The van der Waals surface area contributed by atoms with E-state index in [1.807, 2.05) is 6.07 Å². The summed E-state index contributed by atoms with van der Waals surface area (Å²) in [6, 6.07) is 2.53. The van der Waals surface area contributed by atoms with E-state index in [1.165, 1.54) is 32.1 Å². The number of hydrogen-bond acceptors (Lipinski definition) is 3. The van der Waals surface area contributed by atoms with Crippen LogP contribution < -0.4 is 5.73 Å². The van der Waals surface area contributed by atoms with Gasteiger partial charge in [0.15, 0.2) is 0 Å². The summed E-state index contributed by atoms with van der Waals surface area (Å²) in [5.41, 5.74) is 6.76. The van der Waals surface area contributed by atoms with Gasteiger partial charge in [-0.15, -0.1) is 0 Å². The van der Waals surface area contributed by atoms with Crippen LogP contribution in [0.3, 0.4) is 0 Å². The van der Waals surface area contributed by atoms with Crippen molar-refractivity contribution in [2.75, 3.05) is 6.61 Å². The number of rotatable bonds is 2. The fourth-order valence-electron chi connectivity index (χ4n) is 3.46. The molecule has 0 aromatic carbocycles. The number of aromatic nitrogens is 2. The van der Waals surface area contributed by atoms with E-state index in [4.69, 9.17) is 10.5 Å². The maximum absolute atomic E-state index is 6.13. The van der Waals surface area contributed by atoms with Crippen LogP contribution in [0.15, 0.2) is 12.3 Å². The molecule has 2 N–H and O–H groups in total. The van der Waals surface area contributed by atoms with Crippen molar-refractivity contribution in [3.8, 4) is 0 Å². The number of nitrogens with zero attached hydrogens (tertiary/aromatic N) is 2. The van der Waals surface area contributed by atoms with Crippen molar-refractivity contribution in [3.05, 3.63) is 18.0 Å². The highest BCUT2D eigenvalue weighted by Crippen LogP contribution is 2.42. The SMILES string of the molecule is NCc1ccn(C2CCOC3(CCCCC3)C2)n1. The minimum absolute atomic E-state index is 0.149. The van der Waals surface area contributed by atoms with Gasteiger partial charge in [-0.1, -0.05) is 19.3 Å². The summed E-state index contributed by atoms with van der Waals surface area (Å²) in [6.45, 7) is 1.41. The van der Waals surface area contributed by atoms with Crippen LogP contribution in [0.5, 0.6) is 0 Å². The lowest BCUT2D eigenvalue weighted by Crippen LogP contribution is -2.42. The Morgan fingerprint density at radius 2 is 2.22 bits per heavy atom. The summed E-state index contributed by atoms with van der Waals surface area (Å²) < 4.78 is 8.24. The number of nitrogens with two attached hydrogens (primary N) is 1. The second-order valence-electron chi connectivity index (χ2n) is 5.73. The summed E-state index contributed by atoms with van der Waals surface area (Å²) in [5.74, 6) is 0. The first-order valence-electron chi connectivity index (χ1n) is 7.19. The third-order valence-corrected chi connectivity index (χ3v) is 4.48. The lowest BCUT2D eigenvalue weighted by atomic mass is 9.78. The zero-order valence-corrected chi connectivity index (χ0v) is 11.0. The standard InChI is InChI=1S/C14H23N3O/c15-11-12-4-8-17(16-12)13-5-9-18-14(10-13)6-2-1-3-7-14/h4,8,13H,1-3,5-7,9-11,15H2. The van der Waals surface area contributed by atoms with E-state index in [2.05, 4.69) is 16.0 Å². The highest BCUT2D eigenvalue weighted by Gasteiger charge is 2.39. The highest BCUT2D eigenvalue weighted by atomic mass is 16.5. The minimum atomic E-state index is 0.149. The van der Waals surface area contributed by atoms with E-state index in [1.54, 1.807) is 0 Å². The van der Waals surface area contributed by atoms with Crippen molar-refractivity contribution in [2.45, 2.75) is 63.1 Å². The normalized spacial score (nSPS) is 27.5. The molecular weight excluding hydrogens is 226 g/mol. The molecule has 1 unspecified atom stereocenters. The number of hydrogen-bond donors (Lipinski definition) is 1. The van der Waals surface area contributed by atoms with Gasteiger partial charge < -0.3 is 10.5 Å². The highest BCUT2D eigenvalue weighted by molar-refractivity contribution is 5.00. The van der Waals surface area contributed by atoms with Gasteiger partial charge in [0, 0.05) is 19.3 Å². The molecule has 2 aliphatic rings. The summed E-state index contributed by atoms with van der Waals surface area (Å²) in [6.07, 6.45) is 10.7. The van der Waals surface area contributed by atoms with Gasteiger partial charge >= 0.3 is 0 Å². The van der Waals surface area contributed by atoms with Crippen LogP contribution >= 0.6 is 0 Å². The summed E-state index contributed by atoms with van der Waals surface area (Å²) >= 11 is 0. The molecule has 1 spiro atoms. The summed E-state index contributed by atoms with van der Waals surface area (Å²) in [4.78, 5) is 0. The molecule has 0 bridgehead atoms. The second-order valence-corrected chi connectivity index (χ2v) is 5.73. The Bertz CT molecular complexity index is 390. The van der Waals surface area contributed by atoms with Crippen LogP contribution in [-0.4, -0.2) is 22.0 Å². The van der Waals surface area contributed by atoms with Crippen LogP contribution in [0.4, 0.5) is 0 Å². The molecule has 18 heavy (non-hydrogen) atoms. The molecule has 4 nitrogen and oxygen atoms in total. The molecule has 1 atom stereocenters. The second kappa shape index (κ2) is 5.02. The predicted octanol–water partition coefficient (Wildman–Crippen LogP) is 2.40. The largest absolute Gasteiger partial charge is 0.375 e. The van der Waals surface area contributed by atoms with Gasteiger partial charge in [0.1, 0.15) is 0 Å². The average molecular weight is 249 g/mol. The monoisotopic (exact) mass is 249 g/mol. The molecule has 0 radical (unpaired) electrons. The van der Waals surface area contributed by atoms with E-state index in [0.29, 0.717) is 12.6 Å². The van der Waals surface area contributed by atoms with Crippen molar-refractivity contribution >= 4 is 0 Å². The third-order valence-electron chi connectivity index (χ3n) is 4.48. The van der Waals surface area contributed by atoms with Crippen LogP contribution in [-0.2, 0) is 11.3 Å². The molecule has 2 fully saturated rings. The fraction of sp³-hybridized carbons (Fsp3) is 0.786. The van der Waals surface area contributed by atoms with Crippen LogP contribution in [0.25, 0.3) is 0 Å². The van der Waals surface area contributed by atoms with Gasteiger partial charge in [-0.25, -0.2) is 0 Å². The Labute approximate surface area is 108 Å². The molecule has 1 saturated carbocycles. The lowest BCUT2D eigenvalue weighted by Gasteiger charge is -2.43. The predicted molar refractivity (Wildman–Crippen MR) is 70.2 cm³/mol. The maximum Gasteiger partial charge on any atom is 0.0760 e. The molecular formula is C14H23N3O. The fourth-order valence-corrected chi connectivity index (χ4v) is 3.46. The topological polar surface area (TPSA) is 53.1 Å². The van der Waals surface area contributed by atoms with Gasteiger partial charge in [-0.2, -0.15) is 5.10 Å². The molecule has 1 aromatic heterocycles. The van der Waals surface area contributed by atoms with Crippen LogP contribution in [0, 0.1) is 0 Å². The molecule has 4 heteroatoms. The van der Waals surface area contributed by atoms with E-state index in [-0.39, 0.29) is 5.60 Å². The van der Waals surface area contributed by atoms with Crippen LogP contribution in [0.1, 0.15) is 56.7 Å². The van der Waals surface area contributed by atoms with Gasteiger partial charge in [-0.05, 0) is 31.7 Å². The quantitative estimate of drug-likeness (QED) is 0.875. The Morgan fingerprint density at radius 1 is 1.39 bits per heavy atom. The molecule has 1 aliphatic heterocycles. The van der Waals surface area contributed by atoms with Crippen molar-refractivity contribution in [1.82, 2.24) is 9.78 Å². The summed E-state index contributed by atoms with van der Waals surface area (Å²) in [7, 11) is 0. The Hall–Kier alpha value is -0.870. The Kier molecular flexibility index (Phi) is 3.39. The molecule has 1 saturated heterocycles. The lowest BCUT2D eigenvalue weighted by molar-refractivity contribution is -0.115. The van der Waals surface area contributed by atoms with Crippen molar-refractivity contribution in [1.29, 1.82) is 0 Å². The first-order valence-corrected chi connectivity index (χ1v) is 7.19. The Morgan fingerprint density at radius 3 is 2.94 bits per heavy atom. The zero-order valence-electron chi connectivity index (χ0n) is 11.0. The molecule has 100 valence electrons. The van der Waals surface area contributed by atoms with Crippen LogP contribution in [0.2, 0.25) is 0 Å². The molecule has 2 heterocycles. The van der Waals surface area contributed by atoms with E-state index in [0.717, 1.165) is 25.1 Å². The number of ether oxygens (including phenoxy) is 1. The van der Waals surface area contributed by atoms with Gasteiger partial charge in [0.25, 0.3) is 0 Å². The molecule has 3 rings (SSSR count). The maximum atomic E-state index is 6.13. The minimum Gasteiger partial charge on any atom is -0.375 e. The molecule has 0 amide bonds. The van der Waals surface area contributed by atoms with Crippen molar-refractivity contribution in [2.24, 2.45) is 5.73 Å². The first-order chi connectivity index (χ1) is 8.81. The van der Waals surface area contributed by atoms with E-state index < -0.39 is 0 Å². The van der Waals surface area contributed by atoms with E-state index in [9.17, 15) is 0 Å². The smallest absolute Gasteiger partial charge is 0.0760 e. The van der Waals surface area contributed by atoms with E-state index >= 15 is 0 Å². The average Bonchev–Trinajstić information content (AvgIpc) is 2.88. The zero-order chi connectivity index (χ0) is 12.4. The van der Waals surface area contributed by atoms with Crippen molar-refractivity contribution < 1.29 is 4.74 Å².